The molecule has 0 atom stereocenters. The topological polar surface area (TPSA) is 23.6 Å². The maximum absolute atomic E-state index is 12.7. The molecule has 3 nitrogen and oxygen atoms in total. The van der Waals surface area contributed by atoms with Gasteiger partial charge in [0.2, 0.25) is 0 Å². The third kappa shape index (κ3) is 3.58. The molecule has 2 aromatic rings. The first-order chi connectivity index (χ1) is 11.0. The van der Waals surface area contributed by atoms with Gasteiger partial charge in [-0.1, -0.05) is 12.1 Å². The van der Waals surface area contributed by atoms with E-state index in [1.807, 2.05) is 26.0 Å². The average Bonchev–Trinajstić information content (AvgIpc) is 2.98. The molecule has 1 amide bonds. The Morgan fingerprint density at radius 2 is 1.78 bits per heavy atom. The summed E-state index contributed by atoms with van der Waals surface area (Å²) in [5.74, 6) is 0.140. The van der Waals surface area contributed by atoms with Crippen LogP contribution in [0.1, 0.15) is 38.5 Å². The van der Waals surface area contributed by atoms with Crippen molar-refractivity contribution >= 4 is 22.9 Å². The molecule has 0 bridgehead atoms. The molecule has 0 N–H and O–H groups in total. The maximum Gasteiger partial charge on any atom is 0.263 e. The Balaban J connectivity index is 1.68. The van der Waals surface area contributed by atoms with Crippen LogP contribution in [-0.4, -0.2) is 32.0 Å². The van der Waals surface area contributed by atoms with Crippen LogP contribution in [-0.2, 0) is 19.4 Å². The van der Waals surface area contributed by atoms with Gasteiger partial charge in [-0.05, 0) is 55.0 Å². The molecule has 0 unspecified atom stereocenters. The second kappa shape index (κ2) is 6.75. The third-order valence-electron chi connectivity index (χ3n) is 4.43. The van der Waals surface area contributed by atoms with E-state index in [0.29, 0.717) is 6.54 Å². The van der Waals surface area contributed by atoms with E-state index in [1.54, 1.807) is 11.3 Å². The second-order valence-corrected chi connectivity index (χ2v) is 7.63. The predicted molar refractivity (Wildman–Crippen MR) is 97.5 cm³/mol. The Hall–Kier alpha value is -1.81. The summed E-state index contributed by atoms with van der Waals surface area (Å²) in [4.78, 5) is 18.9. The van der Waals surface area contributed by atoms with Crippen molar-refractivity contribution in [2.75, 3.05) is 26.0 Å². The minimum atomic E-state index is 0.140. The summed E-state index contributed by atoms with van der Waals surface area (Å²) in [6.45, 7) is 0.648. The van der Waals surface area contributed by atoms with Crippen LogP contribution < -0.4 is 4.90 Å². The Morgan fingerprint density at radius 3 is 2.43 bits per heavy atom. The van der Waals surface area contributed by atoms with Crippen molar-refractivity contribution in [1.82, 2.24) is 4.90 Å². The predicted octanol–water partition coefficient (Wildman–Crippen LogP) is 3.97. The highest BCUT2D eigenvalue weighted by Gasteiger charge is 2.19. The highest BCUT2D eigenvalue weighted by molar-refractivity contribution is 7.14. The number of carbonyl (C=O) groups is 1. The van der Waals surface area contributed by atoms with Crippen LogP contribution in [0.5, 0.6) is 0 Å². The first-order valence-electron chi connectivity index (χ1n) is 8.18. The van der Waals surface area contributed by atoms with Gasteiger partial charge in [0.1, 0.15) is 0 Å². The maximum atomic E-state index is 12.7. The van der Waals surface area contributed by atoms with Crippen LogP contribution >= 0.6 is 11.3 Å². The van der Waals surface area contributed by atoms with Crippen LogP contribution in [0.4, 0.5) is 5.69 Å². The summed E-state index contributed by atoms with van der Waals surface area (Å²) in [5, 5.41) is 0. The minimum absolute atomic E-state index is 0.140. The van der Waals surface area contributed by atoms with Crippen LogP contribution in [0.25, 0.3) is 0 Å². The van der Waals surface area contributed by atoms with Gasteiger partial charge >= 0.3 is 0 Å². The highest BCUT2D eigenvalue weighted by Crippen LogP contribution is 2.30. The molecule has 4 heteroatoms. The van der Waals surface area contributed by atoms with Crippen LogP contribution in [0, 0.1) is 0 Å². The zero-order chi connectivity index (χ0) is 16.4. The van der Waals surface area contributed by atoms with Crippen molar-refractivity contribution in [3.05, 3.63) is 51.2 Å². The van der Waals surface area contributed by atoms with Crippen molar-refractivity contribution in [3.8, 4) is 0 Å². The molecule has 1 heterocycles. The molecule has 0 fully saturated rings. The van der Waals surface area contributed by atoms with E-state index in [4.69, 9.17) is 0 Å². The third-order valence-corrected chi connectivity index (χ3v) is 5.65. The number of carbonyl (C=O) groups excluding carboxylic acids is 1. The van der Waals surface area contributed by atoms with Crippen molar-refractivity contribution in [2.24, 2.45) is 0 Å². The molecule has 0 aliphatic heterocycles. The summed E-state index contributed by atoms with van der Waals surface area (Å²) in [7, 11) is 5.95. The lowest BCUT2D eigenvalue weighted by Crippen LogP contribution is -2.25. The molecule has 0 radical (unpaired) electrons. The monoisotopic (exact) mass is 328 g/mol. The van der Waals surface area contributed by atoms with Gasteiger partial charge in [0.25, 0.3) is 5.91 Å². The normalized spacial score (nSPS) is 13.5. The Kier molecular flexibility index (Phi) is 4.71. The Labute approximate surface area is 142 Å². The molecule has 23 heavy (non-hydrogen) atoms. The smallest absolute Gasteiger partial charge is 0.263 e. The number of aryl methyl sites for hydroxylation is 2. The van der Waals surface area contributed by atoms with Gasteiger partial charge in [-0.2, -0.15) is 0 Å². The summed E-state index contributed by atoms with van der Waals surface area (Å²) < 4.78 is 0. The zero-order valence-electron chi connectivity index (χ0n) is 14.1. The Bertz CT molecular complexity index is 664. The number of thiophene rings is 1. The molecule has 0 saturated carbocycles. The molecule has 0 spiro atoms. The molecule has 122 valence electrons. The number of hydrogen-bond donors (Lipinski definition) is 0. The number of hydrogen-bond acceptors (Lipinski definition) is 3. The number of rotatable bonds is 4. The van der Waals surface area contributed by atoms with Crippen molar-refractivity contribution in [2.45, 2.75) is 32.2 Å². The fraction of sp³-hybridized carbons (Fsp3) is 0.421. The van der Waals surface area contributed by atoms with Crippen molar-refractivity contribution < 1.29 is 4.79 Å². The lowest BCUT2D eigenvalue weighted by molar-refractivity contribution is 0.0790. The van der Waals surface area contributed by atoms with Gasteiger partial charge in [0.15, 0.2) is 0 Å². The summed E-state index contributed by atoms with van der Waals surface area (Å²) in [5.41, 5.74) is 3.73. The number of nitrogens with zero attached hydrogens (tertiary/aromatic N) is 2. The first-order valence-corrected chi connectivity index (χ1v) is 8.99. The Morgan fingerprint density at radius 1 is 1.09 bits per heavy atom. The molecule has 1 aromatic carbocycles. The molecule has 1 aromatic heterocycles. The van der Waals surface area contributed by atoms with E-state index in [-0.39, 0.29) is 5.91 Å². The number of anilines is 1. The van der Waals surface area contributed by atoms with Crippen LogP contribution in [0.15, 0.2) is 30.3 Å². The first kappa shape index (κ1) is 16.1. The fourth-order valence-electron chi connectivity index (χ4n) is 3.03. The summed E-state index contributed by atoms with van der Waals surface area (Å²) >= 11 is 1.69. The highest BCUT2D eigenvalue weighted by atomic mass is 32.1. The zero-order valence-corrected chi connectivity index (χ0v) is 14.9. The van der Waals surface area contributed by atoms with Gasteiger partial charge in [0.05, 0.1) is 4.88 Å². The van der Waals surface area contributed by atoms with Crippen LogP contribution in [0.3, 0.4) is 0 Å². The second-order valence-electron chi connectivity index (χ2n) is 6.49. The van der Waals surface area contributed by atoms with Gasteiger partial charge in [0, 0.05) is 38.3 Å². The van der Waals surface area contributed by atoms with E-state index >= 15 is 0 Å². The molecule has 0 saturated heterocycles. The van der Waals surface area contributed by atoms with Crippen molar-refractivity contribution in [1.29, 1.82) is 0 Å². The summed E-state index contributed by atoms with van der Waals surface area (Å²) in [6.07, 6.45) is 4.79. The van der Waals surface area contributed by atoms with E-state index in [1.165, 1.54) is 29.0 Å². The average molecular weight is 328 g/mol. The van der Waals surface area contributed by atoms with E-state index in [9.17, 15) is 4.79 Å². The fourth-order valence-corrected chi connectivity index (χ4v) is 4.28. The van der Waals surface area contributed by atoms with Crippen LogP contribution in [0.2, 0.25) is 0 Å². The molecule has 3 rings (SSSR count). The van der Waals surface area contributed by atoms with E-state index in [2.05, 4.69) is 35.2 Å². The number of benzene rings is 1. The van der Waals surface area contributed by atoms with Gasteiger partial charge < -0.3 is 9.80 Å². The van der Waals surface area contributed by atoms with Gasteiger partial charge in [-0.3, -0.25) is 4.79 Å². The van der Waals surface area contributed by atoms with Gasteiger partial charge in [-0.15, -0.1) is 11.3 Å². The molecular weight excluding hydrogens is 304 g/mol. The molecular formula is C19H24N2OS. The number of fused-ring (bicyclic) bond motifs is 1. The van der Waals surface area contributed by atoms with E-state index < -0.39 is 0 Å². The van der Waals surface area contributed by atoms with Gasteiger partial charge in [-0.25, -0.2) is 0 Å². The lowest BCUT2D eigenvalue weighted by Gasteiger charge is -2.17. The quantitative estimate of drug-likeness (QED) is 0.848. The summed E-state index contributed by atoms with van der Waals surface area (Å²) in [6, 6.07) is 10.5. The lowest BCUT2D eigenvalue weighted by atomic mass is 9.99. The SMILES string of the molecule is CN(Cc1ccc(N(C)C)cc1)C(=O)c1cc2c(s1)CCCC2. The number of amides is 1. The molecule has 1 aliphatic carbocycles. The minimum Gasteiger partial charge on any atom is -0.378 e. The molecule has 1 aliphatic rings. The van der Waals surface area contributed by atoms with Crippen molar-refractivity contribution in [3.63, 3.8) is 0 Å². The largest absolute Gasteiger partial charge is 0.378 e. The van der Waals surface area contributed by atoms with E-state index in [0.717, 1.165) is 23.3 Å². The standard InChI is InChI=1S/C19H24N2OS/c1-20(2)16-10-8-14(9-11-16)13-21(3)19(22)18-12-15-6-4-5-7-17(15)23-18/h8-12H,4-7,13H2,1-3H3.